The van der Waals surface area contributed by atoms with Crippen LogP contribution in [0.15, 0.2) is 54.6 Å². The first-order valence-corrected chi connectivity index (χ1v) is 11.0. The molecule has 1 aliphatic rings. The molecular formula is C25H32N2. The SMILES string of the molecule is c1ccc(-c2nc3ccccc3n2C2CCCCCCCCCCC2)cc1. The molecule has 1 aromatic heterocycles. The first-order valence-electron chi connectivity index (χ1n) is 11.0. The number of rotatable bonds is 2. The van der Waals surface area contributed by atoms with Crippen molar-refractivity contribution in [2.45, 2.75) is 76.7 Å². The van der Waals surface area contributed by atoms with Gasteiger partial charge in [0, 0.05) is 11.6 Å². The standard InChI is InChI=1S/C25H32N2/c1-2-4-6-11-17-22(18-12-7-5-3-1)27-24-20-14-13-19-23(24)26-25(27)21-15-9-8-10-16-21/h8-10,13-16,19-20,22H,1-7,11-12,17-18H2. The molecule has 1 saturated carbocycles. The molecule has 0 atom stereocenters. The van der Waals surface area contributed by atoms with Crippen molar-refractivity contribution in [3.8, 4) is 11.4 Å². The summed E-state index contributed by atoms with van der Waals surface area (Å²) in [5.74, 6) is 1.15. The molecule has 1 heterocycles. The third kappa shape index (κ3) is 4.43. The minimum Gasteiger partial charge on any atom is -0.321 e. The van der Waals surface area contributed by atoms with Crippen molar-refractivity contribution >= 4 is 11.0 Å². The fraction of sp³-hybridized carbons (Fsp3) is 0.480. The Morgan fingerprint density at radius 1 is 0.630 bits per heavy atom. The van der Waals surface area contributed by atoms with Crippen molar-refractivity contribution in [2.75, 3.05) is 0 Å². The van der Waals surface area contributed by atoms with Crippen LogP contribution in [0, 0.1) is 0 Å². The molecule has 0 amide bonds. The second-order valence-corrected chi connectivity index (χ2v) is 8.07. The van der Waals surface area contributed by atoms with Crippen LogP contribution in [0.2, 0.25) is 0 Å². The van der Waals surface area contributed by atoms with E-state index in [0.717, 1.165) is 11.3 Å². The molecule has 2 nitrogen and oxygen atoms in total. The lowest BCUT2D eigenvalue weighted by Crippen LogP contribution is -2.11. The van der Waals surface area contributed by atoms with Gasteiger partial charge in [-0.3, -0.25) is 0 Å². The van der Waals surface area contributed by atoms with Crippen molar-refractivity contribution in [2.24, 2.45) is 0 Å². The predicted octanol–water partition coefficient (Wildman–Crippen LogP) is 7.55. The van der Waals surface area contributed by atoms with Crippen LogP contribution in [0.4, 0.5) is 0 Å². The van der Waals surface area contributed by atoms with E-state index in [4.69, 9.17) is 4.98 Å². The molecule has 4 rings (SSSR count). The first-order chi connectivity index (χ1) is 13.4. The van der Waals surface area contributed by atoms with Crippen molar-refractivity contribution in [3.05, 3.63) is 54.6 Å². The van der Waals surface area contributed by atoms with Gasteiger partial charge < -0.3 is 4.57 Å². The third-order valence-electron chi connectivity index (χ3n) is 6.07. The van der Waals surface area contributed by atoms with Crippen molar-refractivity contribution in [1.82, 2.24) is 9.55 Å². The summed E-state index contributed by atoms with van der Waals surface area (Å²) in [4.78, 5) is 5.05. The number of para-hydroxylation sites is 2. The zero-order valence-electron chi connectivity index (χ0n) is 16.4. The van der Waals surface area contributed by atoms with Crippen molar-refractivity contribution in [3.63, 3.8) is 0 Å². The fourth-order valence-electron chi connectivity index (χ4n) is 4.60. The Labute approximate surface area is 163 Å². The third-order valence-corrected chi connectivity index (χ3v) is 6.07. The minimum atomic E-state index is 0.562. The molecular weight excluding hydrogens is 328 g/mol. The van der Waals surface area contributed by atoms with Crippen molar-refractivity contribution < 1.29 is 0 Å². The van der Waals surface area contributed by atoms with Crippen LogP contribution < -0.4 is 0 Å². The summed E-state index contributed by atoms with van der Waals surface area (Å²) in [7, 11) is 0. The molecule has 1 fully saturated rings. The van der Waals surface area contributed by atoms with E-state index in [-0.39, 0.29) is 0 Å². The quantitative estimate of drug-likeness (QED) is 0.461. The van der Waals surface area contributed by atoms with E-state index < -0.39 is 0 Å². The Bertz CT molecular complexity index is 822. The van der Waals surface area contributed by atoms with Gasteiger partial charge in [0.05, 0.1) is 11.0 Å². The number of imidazole rings is 1. The van der Waals surface area contributed by atoms with E-state index in [1.54, 1.807) is 0 Å². The van der Waals surface area contributed by atoms with Crippen LogP contribution >= 0.6 is 0 Å². The Kier molecular flexibility index (Phi) is 6.24. The van der Waals surface area contributed by atoms with Gasteiger partial charge in [-0.05, 0) is 25.0 Å². The lowest BCUT2D eigenvalue weighted by Gasteiger charge is -2.23. The molecule has 27 heavy (non-hydrogen) atoms. The first kappa shape index (κ1) is 18.3. The van der Waals surface area contributed by atoms with E-state index in [0.29, 0.717) is 6.04 Å². The average molecular weight is 361 g/mol. The van der Waals surface area contributed by atoms with Crippen LogP contribution in [0.5, 0.6) is 0 Å². The maximum absolute atomic E-state index is 5.05. The lowest BCUT2D eigenvalue weighted by atomic mass is 9.97. The molecule has 2 aromatic carbocycles. The number of benzene rings is 2. The van der Waals surface area contributed by atoms with E-state index in [1.165, 1.54) is 81.7 Å². The highest BCUT2D eigenvalue weighted by Gasteiger charge is 2.20. The zero-order chi connectivity index (χ0) is 18.3. The highest BCUT2D eigenvalue weighted by Crippen LogP contribution is 2.34. The monoisotopic (exact) mass is 360 g/mol. The van der Waals surface area contributed by atoms with Crippen LogP contribution in [-0.2, 0) is 0 Å². The maximum Gasteiger partial charge on any atom is 0.141 e. The Hall–Kier alpha value is -2.09. The Morgan fingerprint density at radius 3 is 1.85 bits per heavy atom. The summed E-state index contributed by atoms with van der Waals surface area (Å²) >= 11 is 0. The summed E-state index contributed by atoms with van der Waals surface area (Å²) in [5, 5.41) is 0. The highest BCUT2D eigenvalue weighted by molar-refractivity contribution is 5.80. The van der Waals surface area contributed by atoms with Gasteiger partial charge in [-0.25, -0.2) is 4.98 Å². The average Bonchev–Trinajstić information content (AvgIpc) is 3.09. The Balaban J connectivity index is 1.70. The zero-order valence-corrected chi connectivity index (χ0v) is 16.4. The number of aromatic nitrogens is 2. The number of hydrogen-bond donors (Lipinski definition) is 0. The molecule has 142 valence electrons. The fourth-order valence-corrected chi connectivity index (χ4v) is 4.60. The van der Waals surface area contributed by atoms with Gasteiger partial charge in [-0.15, -0.1) is 0 Å². The molecule has 1 aliphatic carbocycles. The van der Waals surface area contributed by atoms with Gasteiger partial charge >= 0.3 is 0 Å². The van der Waals surface area contributed by atoms with Crippen LogP contribution in [0.1, 0.15) is 76.7 Å². The van der Waals surface area contributed by atoms with Crippen LogP contribution in [-0.4, -0.2) is 9.55 Å². The van der Waals surface area contributed by atoms with Gasteiger partial charge in [-0.2, -0.15) is 0 Å². The smallest absolute Gasteiger partial charge is 0.141 e. The minimum absolute atomic E-state index is 0.562. The molecule has 0 aliphatic heterocycles. The molecule has 0 spiro atoms. The maximum atomic E-state index is 5.05. The topological polar surface area (TPSA) is 17.8 Å². The summed E-state index contributed by atoms with van der Waals surface area (Å²) in [6.45, 7) is 0. The van der Waals surface area contributed by atoms with E-state index in [9.17, 15) is 0 Å². The van der Waals surface area contributed by atoms with Crippen LogP contribution in [0.25, 0.3) is 22.4 Å². The molecule has 2 heteroatoms. The van der Waals surface area contributed by atoms with Gasteiger partial charge in [-0.1, -0.05) is 100 Å². The van der Waals surface area contributed by atoms with E-state index >= 15 is 0 Å². The van der Waals surface area contributed by atoms with Gasteiger partial charge in [0.25, 0.3) is 0 Å². The van der Waals surface area contributed by atoms with Crippen molar-refractivity contribution in [1.29, 1.82) is 0 Å². The van der Waals surface area contributed by atoms with Crippen LogP contribution in [0.3, 0.4) is 0 Å². The predicted molar refractivity (Wildman–Crippen MR) is 115 cm³/mol. The van der Waals surface area contributed by atoms with E-state index in [2.05, 4.69) is 59.2 Å². The summed E-state index contributed by atoms with van der Waals surface area (Å²) < 4.78 is 2.57. The largest absolute Gasteiger partial charge is 0.321 e. The Morgan fingerprint density at radius 2 is 1.19 bits per heavy atom. The number of fused-ring (bicyclic) bond motifs is 1. The molecule has 0 unspecified atom stereocenters. The second-order valence-electron chi connectivity index (χ2n) is 8.07. The highest BCUT2D eigenvalue weighted by atomic mass is 15.1. The molecule has 0 saturated heterocycles. The second kappa shape index (κ2) is 9.21. The lowest BCUT2D eigenvalue weighted by molar-refractivity contribution is 0.396. The summed E-state index contributed by atoms with van der Waals surface area (Å²) in [6, 6.07) is 20.0. The summed E-state index contributed by atoms with van der Waals surface area (Å²) in [6.07, 6.45) is 15.1. The summed E-state index contributed by atoms with van der Waals surface area (Å²) in [5.41, 5.74) is 3.66. The molecule has 3 aromatic rings. The number of hydrogen-bond acceptors (Lipinski definition) is 1. The molecule has 0 radical (unpaired) electrons. The van der Waals surface area contributed by atoms with Gasteiger partial charge in [0.2, 0.25) is 0 Å². The molecule has 0 bridgehead atoms. The normalized spacial score (nSPS) is 18.1. The van der Waals surface area contributed by atoms with Gasteiger partial charge in [0.1, 0.15) is 5.82 Å². The molecule has 0 N–H and O–H groups in total. The van der Waals surface area contributed by atoms with E-state index in [1.807, 2.05) is 0 Å². The number of nitrogens with zero attached hydrogens (tertiary/aromatic N) is 2. The van der Waals surface area contributed by atoms with Gasteiger partial charge in [0.15, 0.2) is 0 Å².